The van der Waals surface area contributed by atoms with Gasteiger partial charge in [-0.15, -0.1) is 11.3 Å². The Morgan fingerprint density at radius 2 is 1.90 bits per heavy atom. The van der Waals surface area contributed by atoms with Crippen molar-refractivity contribution in [1.82, 2.24) is 15.2 Å². The van der Waals surface area contributed by atoms with Crippen LogP contribution < -0.4 is 10.2 Å². The van der Waals surface area contributed by atoms with Gasteiger partial charge in [0, 0.05) is 44.1 Å². The third kappa shape index (κ3) is 5.26. The number of carbonyl (C=O) groups is 1. The average molecular weight is 417 g/mol. The molecule has 0 saturated carbocycles. The molecule has 156 valence electrons. The summed E-state index contributed by atoms with van der Waals surface area (Å²) in [6, 6.07) is 7.68. The number of nitrogens with one attached hydrogen (secondary N) is 1. The molecular formula is C21H28N4O3S. The van der Waals surface area contributed by atoms with Gasteiger partial charge in [0.2, 0.25) is 0 Å². The maximum absolute atomic E-state index is 12.4. The van der Waals surface area contributed by atoms with Crippen LogP contribution in [0, 0.1) is 0 Å². The van der Waals surface area contributed by atoms with Crippen molar-refractivity contribution in [1.29, 1.82) is 0 Å². The highest BCUT2D eigenvalue weighted by atomic mass is 32.1. The Balaban J connectivity index is 1.23. The summed E-state index contributed by atoms with van der Waals surface area (Å²) in [5.41, 5.74) is 1.57. The van der Waals surface area contributed by atoms with Crippen LogP contribution in [0.4, 0.5) is 5.13 Å². The molecule has 1 aromatic carbocycles. The number of piperidine rings is 1. The molecule has 0 spiro atoms. The van der Waals surface area contributed by atoms with Gasteiger partial charge in [0.25, 0.3) is 5.91 Å². The molecule has 4 rings (SSSR count). The van der Waals surface area contributed by atoms with Gasteiger partial charge in [-0.25, -0.2) is 4.98 Å². The van der Waals surface area contributed by atoms with Crippen LogP contribution in [0.25, 0.3) is 0 Å². The Morgan fingerprint density at radius 1 is 1.17 bits per heavy atom. The van der Waals surface area contributed by atoms with E-state index in [0.717, 1.165) is 69.4 Å². The van der Waals surface area contributed by atoms with E-state index in [-0.39, 0.29) is 11.7 Å². The number of phenolic OH excluding ortho intramolecular Hbond substituents is 1. The van der Waals surface area contributed by atoms with Crippen molar-refractivity contribution >= 4 is 22.4 Å². The number of rotatable bonds is 6. The van der Waals surface area contributed by atoms with Gasteiger partial charge in [-0.3, -0.25) is 9.69 Å². The topological polar surface area (TPSA) is 77.9 Å². The fraction of sp³-hybridized carbons (Fsp3) is 0.524. The molecule has 7 nitrogen and oxygen atoms in total. The molecule has 8 heteroatoms. The number of anilines is 1. The van der Waals surface area contributed by atoms with E-state index in [9.17, 15) is 9.90 Å². The summed E-state index contributed by atoms with van der Waals surface area (Å²) in [6.07, 6.45) is 2.99. The lowest BCUT2D eigenvalue weighted by Crippen LogP contribution is -2.49. The number of amides is 1. The molecule has 0 atom stereocenters. The predicted molar refractivity (Wildman–Crippen MR) is 114 cm³/mol. The van der Waals surface area contributed by atoms with Crippen LogP contribution in [0.3, 0.4) is 0 Å². The van der Waals surface area contributed by atoms with E-state index in [4.69, 9.17) is 4.74 Å². The molecular weight excluding hydrogens is 388 g/mol. The van der Waals surface area contributed by atoms with Crippen molar-refractivity contribution in [3.63, 3.8) is 0 Å². The van der Waals surface area contributed by atoms with Gasteiger partial charge in [0.1, 0.15) is 11.4 Å². The zero-order valence-corrected chi connectivity index (χ0v) is 17.4. The fourth-order valence-corrected chi connectivity index (χ4v) is 4.81. The number of phenols is 1. The normalized spacial score (nSPS) is 18.7. The zero-order chi connectivity index (χ0) is 20.1. The number of hydrogen-bond acceptors (Lipinski definition) is 7. The minimum absolute atomic E-state index is 0.130. The molecule has 2 aliphatic rings. The van der Waals surface area contributed by atoms with Crippen LogP contribution in [0.2, 0.25) is 0 Å². The smallest absolute Gasteiger partial charge is 0.270 e. The molecule has 3 heterocycles. The lowest BCUT2D eigenvalue weighted by atomic mass is 10.0. The zero-order valence-electron chi connectivity index (χ0n) is 16.5. The van der Waals surface area contributed by atoms with E-state index in [2.05, 4.69) is 20.1 Å². The molecule has 2 fully saturated rings. The van der Waals surface area contributed by atoms with Gasteiger partial charge < -0.3 is 20.1 Å². The molecule has 0 bridgehead atoms. The van der Waals surface area contributed by atoms with Gasteiger partial charge in [0.15, 0.2) is 5.13 Å². The summed E-state index contributed by atoms with van der Waals surface area (Å²) in [7, 11) is 0. The van der Waals surface area contributed by atoms with Crippen LogP contribution in [-0.4, -0.2) is 72.9 Å². The predicted octanol–water partition coefficient (Wildman–Crippen LogP) is 2.12. The summed E-state index contributed by atoms with van der Waals surface area (Å²) < 4.78 is 5.46. The second kappa shape index (κ2) is 9.56. The van der Waals surface area contributed by atoms with Crippen molar-refractivity contribution in [2.24, 2.45) is 0 Å². The number of morpholine rings is 1. The number of ether oxygens (including phenoxy) is 1. The molecule has 0 aliphatic carbocycles. The third-order valence-electron chi connectivity index (χ3n) is 5.66. The van der Waals surface area contributed by atoms with Crippen LogP contribution in [0.5, 0.6) is 5.75 Å². The van der Waals surface area contributed by atoms with Crippen molar-refractivity contribution in [3.8, 4) is 5.75 Å². The maximum atomic E-state index is 12.4. The highest BCUT2D eigenvalue weighted by Crippen LogP contribution is 2.26. The van der Waals surface area contributed by atoms with E-state index in [1.54, 1.807) is 23.5 Å². The molecule has 0 radical (unpaired) electrons. The summed E-state index contributed by atoms with van der Waals surface area (Å²) >= 11 is 1.55. The van der Waals surface area contributed by atoms with Crippen LogP contribution in [0.15, 0.2) is 29.6 Å². The van der Waals surface area contributed by atoms with Gasteiger partial charge in [-0.2, -0.15) is 0 Å². The Kier molecular flexibility index (Phi) is 6.63. The van der Waals surface area contributed by atoms with Crippen molar-refractivity contribution in [2.75, 3.05) is 50.8 Å². The monoisotopic (exact) mass is 416 g/mol. The summed E-state index contributed by atoms with van der Waals surface area (Å²) in [4.78, 5) is 21.8. The van der Waals surface area contributed by atoms with Crippen molar-refractivity contribution in [2.45, 2.75) is 25.3 Å². The Hall–Kier alpha value is -2.16. The molecule has 0 unspecified atom stereocenters. The number of nitrogens with zero attached hydrogens (tertiary/aromatic N) is 3. The van der Waals surface area contributed by atoms with Crippen LogP contribution in [-0.2, 0) is 11.2 Å². The van der Waals surface area contributed by atoms with Gasteiger partial charge in [0.05, 0.1) is 13.2 Å². The van der Waals surface area contributed by atoms with E-state index in [1.807, 2.05) is 17.5 Å². The number of hydrogen-bond donors (Lipinski definition) is 2. The lowest BCUT2D eigenvalue weighted by molar-refractivity contribution is 0.0115. The van der Waals surface area contributed by atoms with E-state index in [0.29, 0.717) is 18.3 Å². The Morgan fingerprint density at radius 3 is 2.62 bits per heavy atom. The lowest BCUT2D eigenvalue weighted by Gasteiger charge is -2.40. The van der Waals surface area contributed by atoms with E-state index < -0.39 is 0 Å². The summed E-state index contributed by atoms with van der Waals surface area (Å²) in [6.45, 7) is 6.28. The number of aromatic hydroxyl groups is 1. The molecule has 29 heavy (non-hydrogen) atoms. The minimum atomic E-state index is -0.130. The average Bonchev–Trinajstić information content (AvgIpc) is 3.26. The maximum Gasteiger partial charge on any atom is 0.270 e. The number of carbonyl (C=O) groups excluding carboxylic acids is 1. The molecule has 2 aliphatic heterocycles. The first-order chi connectivity index (χ1) is 14.2. The number of thiazole rings is 1. The molecule has 2 N–H and O–H groups in total. The molecule has 2 aromatic rings. The second-order valence-electron chi connectivity index (χ2n) is 7.55. The van der Waals surface area contributed by atoms with Gasteiger partial charge in [-0.1, -0.05) is 12.1 Å². The number of benzene rings is 1. The Labute approximate surface area is 175 Å². The van der Waals surface area contributed by atoms with E-state index >= 15 is 0 Å². The largest absolute Gasteiger partial charge is 0.508 e. The van der Waals surface area contributed by atoms with Crippen LogP contribution in [0.1, 0.15) is 28.9 Å². The SMILES string of the molecule is O=C(NCCc1ccc(O)cc1)c1csc(N2CCC(N3CCOCC3)CC2)n1. The van der Waals surface area contributed by atoms with Crippen molar-refractivity contribution in [3.05, 3.63) is 40.9 Å². The highest BCUT2D eigenvalue weighted by Gasteiger charge is 2.27. The summed E-state index contributed by atoms with van der Waals surface area (Å²) in [5, 5.41) is 15.0. The fourth-order valence-electron chi connectivity index (χ4n) is 3.95. The number of aromatic nitrogens is 1. The third-order valence-corrected chi connectivity index (χ3v) is 6.56. The van der Waals surface area contributed by atoms with Crippen LogP contribution >= 0.6 is 11.3 Å². The minimum Gasteiger partial charge on any atom is -0.508 e. The molecule has 1 amide bonds. The molecule has 2 saturated heterocycles. The first kappa shape index (κ1) is 20.1. The quantitative estimate of drug-likeness (QED) is 0.751. The summed E-state index contributed by atoms with van der Waals surface area (Å²) in [5.74, 6) is 0.122. The van der Waals surface area contributed by atoms with Gasteiger partial charge in [-0.05, 0) is 37.0 Å². The van der Waals surface area contributed by atoms with Crippen molar-refractivity contribution < 1.29 is 14.6 Å². The standard InChI is InChI=1S/C21H28N4O3S/c26-18-3-1-16(2-4-18)5-8-22-20(27)19-15-29-21(23-19)25-9-6-17(7-10-25)24-11-13-28-14-12-24/h1-4,15,17,26H,5-14H2,(H,22,27). The van der Waals surface area contributed by atoms with E-state index in [1.165, 1.54) is 0 Å². The highest BCUT2D eigenvalue weighted by molar-refractivity contribution is 7.13. The second-order valence-corrected chi connectivity index (χ2v) is 8.39. The first-order valence-electron chi connectivity index (χ1n) is 10.3. The van der Waals surface area contributed by atoms with Gasteiger partial charge >= 0.3 is 0 Å². The Bertz CT molecular complexity index is 797. The molecule has 1 aromatic heterocycles. The first-order valence-corrected chi connectivity index (χ1v) is 11.2.